The van der Waals surface area contributed by atoms with Gasteiger partial charge in [0.1, 0.15) is 5.15 Å². The molecule has 0 amide bonds. The Morgan fingerprint density at radius 3 is 2.82 bits per heavy atom. The number of benzene rings is 1. The highest BCUT2D eigenvalue weighted by Gasteiger charge is 2.02. The van der Waals surface area contributed by atoms with Gasteiger partial charge in [-0.15, -0.1) is 0 Å². The van der Waals surface area contributed by atoms with Gasteiger partial charge in [-0.05, 0) is 62.1 Å². The summed E-state index contributed by atoms with van der Waals surface area (Å²) in [4.78, 5) is 4.36. The van der Waals surface area contributed by atoms with Gasteiger partial charge in [-0.1, -0.05) is 17.7 Å². The highest BCUT2D eigenvalue weighted by atomic mass is 35.5. The van der Waals surface area contributed by atoms with Crippen LogP contribution in [0.5, 0.6) is 0 Å². The van der Waals surface area contributed by atoms with Crippen LogP contribution in [0, 0.1) is 6.92 Å². The zero-order chi connectivity index (χ0) is 12.3. The topological polar surface area (TPSA) is 38.9 Å². The first-order valence-electron chi connectivity index (χ1n) is 5.96. The molecule has 0 aliphatic heterocycles. The van der Waals surface area contributed by atoms with Crippen molar-refractivity contribution in [2.24, 2.45) is 5.73 Å². The first-order chi connectivity index (χ1) is 8.20. The lowest BCUT2D eigenvalue weighted by molar-refractivity contribution is 0.745. The summed E-state index contributed by atoms with van der Waals surface area (Å²) >= 11 is 6.00. The van der Waals surface area contributed by atoms with Crippen LogP contribution in [0.3, 0.4) is 0 Å². The number of aromatic nitrogens is 1. The van der Waals surface area contributed by atoms with E-state index in [2.05, 4.69) is 23.2 Å². The monoisotopic (exact) mass is 248 g/mol. The molecule has 1 aromatic heterocycles. The van der Waals surface area contributed by atoms with Crippen molar-refractivity contribution in [2.75, 3.05) is 6.54 Å². The fourth-order valence-electron chi connectivity index (χ4n) is 1.94. The van der Waals surface area contributed by atoms with Gasteiger partial charge in [0.05, 0.1) is 5.52 Å². The summed E-state index contributed by atoms with van der Waals surface area (Å²) in [5.41, 5.74) is 8.82. The maximum atomic E-state index is 6.00. The highest BCUT2D eigenvalue weighted by Crippen LogP contribution is 2.21. The minimum absolute atomic E-state index is 0.591. The molecule has 0 radical (unpaired) electrons. The number of hydrogen-bond acceptors (Lipinski definition) is 2. The van der Waals surface area contributed by atoms with Gasteiger partial charge in [0.25, 0.3) is 0 Å². The average molecular weight is 249 g/mol. The fourth-order valence-corrected chi connectivity index (χ4v) is 2.08. The summed E-state index contributed by atoms with van der Waals surface area (Å²) in [6.07, 6.45) is 3.30. The van der Waals surface area contributed by atoms with E-state index in [-0.39, 0.29) is 0 Å². The predicted molar refractivity (Wildman–Crippen MR) is 73.5 cm³/mol. The SMILES string of the molecule is Cc1cc2cc(CCCCN)ccc2nc1Cl. The Kier molecular flexibility index (Phi) is 3.97. The number of nitrogens with two attached hydrogens (primary N) is 1. The molecule has 2 aromatic rings. The molecule has 0 unspecified atom stereocenters. The molecule has 0 spiro atoms. The van der Waals surface area contributed by atoms with Gasteiger partial charge in [-0.2, -0.15) is 0 Å². The Bertz CT molecular complexity index is 523. The lowest BCUT2D eigenvalue weighted by atomic mass is 10.0. The zero-order valence-electron chi connectivity index (χ0n) is 10.0. The van der Waals surface area contributed by atoms with Gasteiger partial charge < -0.3 is 5.73 Å². The first-order valence-corrected chi connectivity index (χ1v) is 6.34. The quantitative estimate of drug-likeness (QED) is 0.665. The minimum atomic E-state index is 0.591. The van der Waals surface area contributed by atoms with Crippen LogP contribution < -0.4 is 5.73 Å². The van der Waals surface area contributed by atoms with Crippen molar-refractivity contribution >= 4 is 22.5 Å². The number of nitrogens with zero attached hydrogens (tertiary/aromatic N) is 1. The van der Waals surface area contributed by atoms with E-state index in [1.807, 2.05) is 13.0 Å². The van der Waals surface area contributed by atoms with Crippen LogP contribution in [0.4, 0.5) is 0 Å². The molecule has 0 fully saturated rings. The Balaban J connectivity index is 2.27. The number of pyridine rings is 1. The third-order valence-electron chi connectivity index (χ3n) is 2.93. The van der Waals surface area contributed by atoms with Crippen LogP contribution in [-0.2, 0) is 6.42 Å². The van der Waals surface area contributed by atoms with Gasteiger partial charge in [-0.25, -0.2) is 4.98 Å². The number of rotatable bonds is 4. The predicted octanol–water partition coefficient (Wildman–Crippen LogP) is 3.48. The normalized spacial score (nSPS) is 11.0. The maximum absolute atomic E-state index is 6.00. The van der Waals surface area contributed by atoms with E-state index in [1.54, 1.807) is 0 Å². The summed E-state index contributed by atoms with van der Waals surface area (Å²) in [6, 6.07) is 8.45. The second-order valence-electron chi connectivity index (χ2n) is 4.37. The molecule has 3 heteroatoms. The Morgan fingerprint density at radius 2 is 2.06 bits per heavy atom. The number of fused-ring (bicyclic) bond motifs is 1. The fraction of sp³-hybridized carbons (Fsp3) is 0.357. The van der Waals surface area contributed by atoms with E-state index in [0.29, 0.717) is 5.15 Å². The summed E-state index contributed by atoms with van der Waals surface area (Å²) in [5, 5.41) is 1.76. The second kappa shape index (κ2) is 5.48. The molecule has 1 heterocycles. The molecule has 17 heavy (non-hydrogen) atoms. The smallest absolute Gasteiger partial charge is 0.132 e. The maximum Gasteiger partial charge on any atom is 0.132 e. The van der Waals surface area contributed by atoms with E-state index >= 15 is 0 Å². The Labute approximate surface area is 107 Å². The first kappa shape index (κ1) is 12.3. The van der Waals surface area contributed by atoms with E-state index < -0.39 is 0 Å². The van der Waals surface area contributed by atoms with Crippen molar-refractivity contribution in [1.82, 2.24) is 4.98 Å². The van der Waals surface area contributed by atoms with Crippen molar-refractivity contribution in [3.8, 4) is 0 Å². The summed E-state index contributed by atoms with van der Waals surface area (Å²) in [6.45, 7) is 2.75. The number of hydrogen-bond donors (Lipinski definition) is 1. The van der Waals surface area contributed by atoms with E-state index in [1.165, 1.54) is 5.56 Å². The van der Waals surface area contributed by atoms with Gasteiger partial charge in [0.15, 0.2) is 0 Å². The molecule has 0 atom stereocenters. The third-order valence-corrected chi connectivity index (χ3v) is 3.31. The van der Waals surface area contributed by atoms with Gasteiger partial charge >= 0.3 is 0 Å². The molecule has 90 valence electrons. The van der Waals surface area contributed by atoms with Gasteiger partial charge in [-0.3, -0.25) is 0 Å². The van der Waals surface area contributed by atoms with Gasteiger partial charge in [0.2, 0.25) is 0 Å². The molecule has 0 saturated heterocycles. The molecular formula is C14H17ClN2. The van der Waals surface area contributed by atoms with E-state index in [0.717, 1.165) is 42.3 Å². The molecule has 0 saturated carbocycles. The number of halogens is 1. The van der Waals surface area contributed by atoms with Crippen molar-refractivity contribution in [1.29, 1.82) is 0 Å². The molecule has 2 nitrogen and oxygen atoms in total. The van der Waals surface area contributed by atoms with Crippen LogP contribution >= 0.6 is 11.6 Å². The molecule has 0 aliphatic carbocycles. The molecule has 1 aromatic carbocycles. The largest absolute Gasteiger partial charge is 0.330 e. The lowest BCUT2D eigenvalue weighted by Crippen LogP contribution is -1.99. The third kappa shape index (κ3) is 2.96. The molecule has 2 N–H and O–H groups in total. The Hall–Kier alpha value is -1.12. The number of unbranched alkanes of at least 4 members (excludes halogenated alkanes) is 1. The zero-order valence-corrected chi connectivity index (χ0v) is 10.8. The summed E-state index contributed by atoms with van der Waals surface area (Å²) in [7, 11) is 0. The van der Waals surface area contributed by atoms with Crippen LogP contribution in [0.25, 0.3) is 10.9 Å². The van der Waals surface area contributed by atoms with Crippen LogP contribution in [-0.4, -0.2) is 11.5 Å². The van der Waals surface area contributed by atoms with Crippen molar-refractivity contribution in [3.63, 3.8) is 0 Å². The molecule has 2 rings (SSSR count). The van der Waals surface area contributed by atoms with Crippen molar-refractivity contribution < 1.29 is 0 Å². The van der Waals surface area contributed by atoms with Gasteiger partial charge in [0, 0.05) is 5.39 Å². The molecular weight excluding hydrogens is 232 g/mol. The highest BCUT2D eigenvalue weighted by molar-refractivity contribution is 6.30. The molecule has 0 aliphatic rings. The van der Waals surface area contributed by atoms with E-state index in [4.69, 9.17) is 17.3 Å². The second-order valence-corrected chi connectivity index (χ2v) is 4.73. The summed E-state index contributed by atoms with van der Waals surface area (Å²) < 4.78 is 0. The standard InChI is InChI=1S/C14H17ClN2/c1-10-8-12-9-11(4-2-3-7-16)5-6-13(12)17-14(10)15/h5-6,8-9H,2-4,7,16H2,1H3. The number of aryl methyl sites for hydroxylation is 2. The van der Waals surface area contributed by atoms with Crippen LogP contribution in [0.2, 0.25) is 5.15 Å². The van der Waals surface area contributed by atoms with Crippen LogP contribution in [0.15, 0.2) is 24.3 Å². The van der Waals surface area contributed by atoms with Crippen molar-refractivity contribution in [2.45, 2.75) is 26.2 Å². The molecule has 0 bridgehead atoms. The van der Waals surface area contributed by atoms with E-state index in [9.17, 15) is 0 Å². The van der Waals surface area contributed by atoms with Crippen molar-refractivity contribution in [3.05, 3.63) is 40.5 Å². The minimum Gasteiger partial charge on any atom is -0.330 e. The average Bonchev–Trinajstić information content (AvgIpc) is 2.31. The lowest BCUT2D eigenvalue weighted by Gasteiger charge is -2.05. The summed E-state index contributed by atoms with van der Waals surface area (Å²) in [5.74, 6) is 0. The Morgan fingerprint density at radius 1 is 1.24 bits per heavy atom. The van der Waals surface area contributed by atoms with Crippen LogP contribution in [0.1, 0.15) is 24.0 Å².